The number of hydrogen-bond donors (Lipinski definition) is 1. The van der Waals surface area contributed by atoms with Crippen molar-refractivity contribution in [1.82, 2.24) is 15.2 Å². The third kappa shape index (κ3) is 3.88. The SMILES string of the molecule is CC(NC(=O)C1CC(=O)N(Cc2ccccn2)C1)C1CCCO1. The second kappa shape index (κ2) is 7.08. The van der Waals surface area contributed by atoms with Gasteiger partial charge in [-0.25, -0.2) is 0 Å². The van der Waals surface area contributed by atoms with Crippen LogP contribution in [0.2, 0.25) is 0 Å². The minimum absolute atomic E-state index is 0.00931. The molecule has 2 amide bonds. The van der Waals surface area contributed by atoms with E-state index in [1.165, 1.54) is 0 Å². The molecule has 0 radical (unpaired) electrons. The summed E-state index contributed by atoms with van der Waals surface area (Å²) in [5.41, 5.74) is 0.842. The number of carbonyl (C=O) groups excluding carboxylic acids is 2. The Morgan fingerprint density at radius 3 is 3.09 bits per heavy atom. The number of hydrogen-bond acceptors (Lipinski definition) is 4. The lowest BCUT2D eigenvalue weighted by molar-refractivity contribution is -0.129. The third-order valence-corrected chi connectivity index (χ3v) is 4.56. The number of ether oxygens (including phenoxy) is 1. The summed E-state index contributed by atoms with van der Waals surface area (Å²) in [6, 6.07) is 5.62. The van der Waals surface area contributed by atoms with Gasteiger partial charge in [-0.3, -0.25) is 14.6 Å². The number of rotatable bonds is 5. The van der Waals surface area contributed by atoms with Gasteiger partial charge in [-0.15, -0.1) is 0 Å². The highest BCUT2D eigenvalue weighted by molar-refractivity contribution is 5.89. The van der Waals surface area contributed by atoms with E-state index in [0.29, 0.717) is 13.1 Å². The fourth-order valence-electron chi connectivity index (χ4n) is 3.22. The molecule has 1 N–H and O–H groups in total. The van der Waals surface area contributed by atoms with Crippen LogP contribution < -0.4 is 5.32 Å². The van der Waals surface area contributed by atoms with Crippen molar-refractivity contribution in [2.75, 3.05) is 13.2 Å². The Morgan fingerprint density at radius 2 is 2.39 bits per heavy atom. The molecule has 2 aliphatic heterocycles. The van der Waals surface area contributed by atoms with Gasteiger partial charge in [-0.1, -0.05) is 6.07 Å². The summed E-state index contributed by atoms with van der Waals surface area (Å²) in [5, 5.41) is 3.01. The van der Waals surface area contributed by atoms with Crippen molar-refractivity contribution in [3.63, 3.8) is 0 Å². The van der Waals surface area contributed by atoms with Gasteiger partial charge < -0.3 is 15.0 Å². The maximum absolute atomic E-state index is 12.4. The first-order valence-corrected chi connectivity index (χ1v) is 8.23. The highest BCUT2D eigenvalue weighted by Gasteiger charge is 2.35. The smallest absolute Gasteiger partial charge is 0.225 e. The lowest BCUT2D eigenvalue weighted by Gasteiger charge is -2.22. The number of pyridine rings is 1. The standard InChI is InChI=1S/C17H23N3O3/c1-12(15-6-4-8-23-15)19-17(22)13-9-16(21)20(10-13)11-14-5-2-3-7-18-14/h2-3,5,7,12-13,15H,4,6,8-11H2,1H3,(H,19,22). The first-order chi connectivity index (χ1) is 11.1. The number of nitrogens with zero attached hydrogens (tertiary/aromatic N) is 2. The number of nitrogens with one attached hydrogen (secondary N) is 1. The van der Waals surface area contributed by atoms with Crippen molar-refractivity contribution < 1.29 is 14.3 Å². The molecular weight excluding hydrogens is 294 g/mol. The first kappa shape index (κ1) is 15.9. The summed E-state index contributed by atoms with van der Waals surface area (Å²) in [6.07, 6.45) is 4.11. The molecule has 3 heterocycles. The highest BCUT2D eigenvalue weighted by atomic mass is 16.5. The molecule has 0 aliphatic carbocycles. The highest BCUT2D eigenvalue weighted by Crippen LogP contribution is 2.21. The van der Waals surface area contributed by atoms with E-state index in [9.17, 15) is 9.59 Å². The van der Waals surface area contributed by atoms with Crippen LogP contribution in [0.15, 0.2) is 24.4 Å². The van der Waals surface area contributed by atoms with Crippen LogP contribution in [0.4, 0.5) is 0 Å². The van der Waals surface area contributed by atoms with Gasteiger partial charge in [-0.05, 0) is 31.9 Å². The van der Waals surface area contributed by atoms with Gasteiger partial charge in [0.05, 0.1) is 30.3 Å². The molecule has 0 spiro atoms. The van der Waals surface area contributed by atoms with Crippen LogP contribution in [0, 0.1) is 5.92 Å². The van der Waals surface area contributed by atoms with E-state index in [4.69, 9.17) is 4.74 Å². The van der Waals surface area contributed by atoms with Crippen molar-refractivity contribution in [1.29, 1.82) is 0 Å². The number of amides is 2. The molecule has 1 aromatic rings. The van der Waals surface area contributed by atoms with Gasteiger partial charge in [0.15, 0.2) is 0 Å². The summed E-state index contributed by atoms with van der Waals surface area (Å²) < 4.78 is 5.60. The maximum Gasteiger partial charge on any atom is 0.225 e. The van der Waals surface area contributed by atoms with Crippen molar-refractivity contribution >= 4 is 11.8 Å². The van der Waals surface area contributed by atoms with Gasteiger partial charge in [0, 0.05) is 25.8 Å². The lowest BCUT2D eigenvalue weighted by atomic mass is 10.1. The van der Waals surface area contributed by atoms with E-state index in [-0.39, 0.29) is 36.3 Å². The molecule has 3 atom stereocenters. The summed E-state index contributed by atoms with van der Waals surface area (Å²) in [5.74, 6) is -0.319. The van der Waals surface area contributed by atoms with E-state index >= 15 is 0 Å². The summed E-state index contributed by atoms with van der Waals surface area (Å²) in [6.45, 7) is 3.66. The van der Waals surface area contributed by atoms with E-state index in [1.54, 1.807) is 11.1 Å². The molecule has 1 aromatic heterocycles. The van der Waals surface area contributed by atoms with Crippen molar-refractivity contribution in [3.8, 4) is 0 Å². The minimum Gasteiger partial charge on any atom is -0.376 e. The average Bonchev–Trinajstić information content (AvgIpc) is 3.19. The van der Waals surface area contributed by atoms with Crippen LogP contribution in [-0.2, 0) is 20.9 Å². The monoisotopic (exact) mass is 317 g/mol. The summed E-state index contributed by atoms with van der Waals surface area (Å²) >= 11 is 0. The van der Waals surface area contributed by atoms with Crippen LogP contribution >= 0.6 is 0 Å². The Hall–Kier alpha value is -1.95. The Bertz CT molecular complexity index is 557. The lowest BCUT2D eigenvalue weighted by Crippen LogP contribution is -2.44. The fraction of sp³-hybridized carbons (Fsp3) is 0.588. The maximum atomic E-state index is 12.4. The van der Waals surface area contributed by atoms with Gasteiger partial charge in [0.2, 0.25) is 11.8 Å². The number of likely N-dealkylation sites (tertiary alicyclic amines) is 1. The molecule has 3 rings (SSSR count). The van der Waals surface area contributed by atoms with E-state index in [0.717, 1.165) is 25.1 Å². The van der Waals surface area contributed by atoms with Gasteiger partial charge in [0.1, 0.15) is 0 Å². The zero-order valence-corrected chi connectivity index (χ0v) is 13.4. The Labute approximate surface area is 136 Å². The molecule has 6 nitrogen and oxygen atoms in total. The second-order valence-corrected chi connectivity index (χ2v) is 6.35. The van der Waals surface area contributed by atoms with Crippen LogP contribution in [0.25, 0.3) is 0 Å². The van der Waals surface area contributed by atoms with Gasteiger partial charge in [0.25, 0.3) is 0 Å². The molecule has 0 aromatic carbocycles. The number of carbonyl (C=O) groups is 2. The van der Waals surface area contributed by atoms with Crippen molar-refractivity contribution in [3.05, 3.63) is 30.1 Å². The molecular formula is C17H23N3O3. The molecule has 2 fully saturated rings. The molecule has 0 saturated carbocycles. The topological polar surface area (TPSA) is 71.5 Å². The minimum atomic E-state index is -0.282. The second-order valence-electron chi connectivity index (χ2n) is 6.35. The van der Waals surface area contributed by atoms with Crippen molar-refractivity contribution in [2.24, 2.45) is 5.92 Å². The van der Waals surface area contributed by atoms with Crippen LogP contribution in [0.1, 0.15) is 31.9 Å². The first-order valence-electron chi connectivity index (χ1n) is 8.23. The predicted molar refractivity (Wildman–Crippen MR) is 84.3 cm³/mol. The summed E-state index contributed by atoms with van der Waals surface area (Å²) in [4.78, 5) is 30.5. The molecule has 2 aliphatic rings. The van der Waals surface area contributed by atoms with Crippen LogP contribution in [0.3, 0.4) is 0 Å². The van der Waals surface area contributed by atoms with Crippen LogP contribution in [0.5, 0.6) is 0 Å². The molecule has 124 valence electrons. The Kier molecular flexibility index (Phi) is 4.91. The third-order valence-electron chi connectivity index (χ3n) is 4.56. The summed E-state index contributed by atoms with van der Waals surface area (Å²) in [7, 11) is 0. The zero-order valence-electron chi connectivity index (χ0n) is 13.4. The predicted octanol–water partition coefficient (Wildman–Crippen LogP) is 1.11. The van der Waals surface area contributed by atoms with Gasteiger partial charge in [-0.2, -0.15) is 0 Å². The molecule has 23 heavy (non-hydrogen) atoms. The van der Waals surface area contributed by atoms with Crippen LogP contribution in [-0.4, -0.2) is 47.0 Å². The van der Waals surface area contributed by atoms with Gasteiger partial charge >= 0.3 is 0 Å². The van der Waals surface area contributed by atoms with E-state index in [2.05, 4.69) is 10.3 Å². The molecule has 0 bridgehead atoms. The zero-order chi connectivity index (χ0) is 16.2. The normalized spacial score (nSPS) is 25.6. The molecule has 6 heteroatoms. The number of aromatic nitrogens is 1. The fourth-order valence-corrected chi connectivity index (χ4v) is 3.22. The molecule has 3 unspecified atom stereocenters. The quantitative estimate of drug-likeness (QED) is 0.883. The largest absolute Gasteiger partial charge is 0.376 e. The van der Waals surface area contributed by atoms with E-state index in [1.807, 2.05) is 25.1 Å². The Balaban J connectivity index is 1.53. The Morgan fingerprint density at radius 1 is 1.52 bits per heavy atom. The molecule has 2 saturated heterocycles. The average molecular weight is 317 g/mol. The van der Waals surface area contributed by atoms with E-state index < -0.39 is 0 Å². The van der Waals surface area contributed by atoms with Crippen molar-refractivity contribution in [2.45, 2.75) is 44.9 Å².